The molecule has 1 amide bonds. The fourth-order valence-electron chi connectivity index (χ4n) is 1.58. The lowest BCUT2D eigenvalue weighted by Crippen LogP contribution is -2.14. The van der Waals surface area contributed by atoms with Crippen LogP contribution in [0.5, 0.6) is 5.75 Å². The summed E-state index contributed by atoms with van der Waals surface area (Å²) < 4.78 is 18.5. The van der Waals surface area contributed by atoms with Crippen molar-refractivity contribution in [2.24, 2.45) is 0 Å². The zero-order valence-corrected chi connectivity index (χ0v) is 11.0. The molecule has 0 bridgehead atoms. The van der Waals surface area contributed by atoms with Gasteiger partial charge in [-0.15, -0.1) is 0 Å². The zero-order chi connectivity index (χ0) is 15.4. The van der Waals surface area contributed by atoms with Gasteiger partial charge in [0.15, 0.2) is 0 Å². The molecule has 0 fully saturated rings. The molecule has 2 aromatic rings. The second kappa shape index (κ2) is 6.00. The SMILES string of the molecule is COc1ccc(F)c(NC(=O)c2ccc(C(=O)O)nc2)c1. The molecule has 0 aliphatic rings. The summed E-state index contributed by atoms with van der Waals surface area (Å²) in [6.07, 6.45) is 1.11. The molecule has 6 nitrogen and oxygen atoms in total. The van der Waals surface area contributed by atoms with Crippen LogP contribution in [0, 0.1) is 5.82 Å². The number of carboxylic acid groups (broad SMARTS) is 1. The Morgan fingerprint density at radius 1 is 1.29 bits per heavy atom. The first kappa shape index (κ1) is 14.4. The highest BCUT2D eigenvalue weighted by atomic mass is 19.1. The van der Waals surface area contributed by atoms with E-state index in [1.807, 2.05) is 0 Å². The number of methoxy groups -OCH3 is 1. The van der Waals surface area contributed by atoms with E-state index < -0.39 is 17.7 Å². The van der Waals surface area contributed by atoms with Crippen LogP contribution in [0.3, 0.4) is 0 Å². The molecule has 2 N–H and O–H groups in total. The van der Waals surface area contributed by atoms with Gasteiger partial charge >= 0.3 is 5.97 Å². The molecule has 1 heterocycles. The molecule has 21 heavy (non-hydrogen) atoms. The molecule has 0 spiro atoms. The minimum Gasteiger partial charge on any atom is -0.497 e. The number of pyridine rings is 1. The Morgan fingerprint density at radius 2 is 2.05 bits per heavy atom. The third-order valence-electron chi connectivity index (χ3n) is 2.67. The molecule has 0 aliphatic heterocycles. The molecule has 2 rings (SSSR count). The van der Waals surface area contributed by atoms with Crippen LogP contribution in [0.4, 0.5) is 10.1 Å². The highest BCUT2D eigenvalue weighted by Gasteiger charge is 2.12. The van der Waals surface area contributed by atoms with Gasteiger partial charge in [-0.3, -0.25) is 4.79 Å². The molecular weight excluding hydrogens is 279 g/mol. The van der Waals surface area contributed by atoms with E-state index in [0.717, 1.165) is 6.20 Å². The summed E-state index contributed by atoms with van der Waals surface area (Å²) in [5.74, 6) is -2.02. The van der Waals surface area contributed by atoms with E-state index in [-0.39, 0.29) is 16.9 Å². The first-order chi connectivity index (χ1) is 10.0. The Kier molecular flexibility index (Phi) is 4.13. The summed E-state index contributed by atoms with van der Waals surface area (Å²) in [6.45, 7) is 0. The van der Waals surface area contributed by atoms with Gasteiger partial charge in [0.1, 0.15) is 17.3 Å². The van der Waals surface area contributed by atoms with Gasteiger partial charge in [0.05, 0.1) is 18.4 Å². The zero-order valence-electron chi connectivity index (χ0n) is 11.0. The number of carbonyl (C=O) groups excluding carboxylic acids is 1. The number of carbonyl (C=O) groups is 2. The van der Waals surface area contributed by atoms with Gasteiger partial charge < -0.3 is 15.2 Å². The number of carboxylic acids is 1. The number of hydrogen-bond donors (Lipinski definition) is 2. The summed E-state index contributed by atoms with van der Waals surface area (Å²) in [4.78, 5) is 26.2. The molecule has 7 heteroatoms. The van der Waals surface area contributed by atoms with Crippen LogP contribution < -0.4 is 10.1 Å². The van der Waals surface area contributed by atoms with Gasteiger partial charge in [-0.2, -0.15) is 0 Å². The van der Waals surface area contributed by atoms with Crippen LogP contribution in [0.15, 0.2) is 36.5 Å². The molecule has 0 aliphatic carbocycles. The summed E-state index contributed by atoms with van der Waals surface area (Å²) in [5, 5.41) is 11.1. The highest BCUT2D eigenvalue weighted by Crippen LogP contribution is 2.21. The van der Waals surface area contributed by atoms with E-state index in [9.17, 15) is 14.0 Å². The minimum absolute atomic E-state index is 0.0401. The number of hydrogen-bond acceptors (Lipinski definition) is 4. The van der Waals surface area contributed by atoms with Crippen molar-refractivity contribution in [3.8, 4) is 5.75 Å². The summed E-state index contributed by atoms with van der Waals surface area (Å²) in [5.41, 5.74) is -0.108. The van der Waals surface area contributed by atoms with E-state index in [4.69, 9.17) is 9.84 Å². The van der Waals surface area contributed by atoms with Crippen LogP contribution in [0.25, 0.3) is 0 Å². The molecule has 0 saturated carbocycles. The summed E-state index contributed by atoms with van der Waals surface area (Å²) in [6, 6.07) is 6.42. The van der Waals surface area contributed by atoms with Crippen molar-refractivity contribution in [1.29, 1.82) is 0 Å². The number of nitrogens with one attached hydrogen (secondary N) is 1. The quantitative estimate of drug-likeness (QED) is 0.901. The first-order valence-electron chi connectivity index (χ1n) is 5.85. The number of aromatic nitrogens is 1. The number of halogens is 1. The second-order valence-electron chi connectivity index (χ2n) is 4.04. The number of amides is 1. The molecule has 1 aromatic heterocycles. The normalized spacial score (nSPS) is 10.0. The standard InChI is InChI=1S/C14H11FN2O4/c1-21-9-3-4-10(15)12(6-9)17-13(18)8-2-5-11(14(19)20)16-7-8/h2-7H,1H3,(H,17,18)(H,19,20). The average molecular weight is 290 g/mol. The van der Waals surface area contributed by atoms with E-state index in [1.165, 1.54) is 37.4 Å². The largest absolute Gasteiger partial charge is 0.497 e. The average Bonchev–Trinajstić information content (AvgIpc) is 2.49. The van der Waals surface area contributed by atoms with Gasteiger partial charge in [-0.25, -0.2) is 14.2 Å². The number of aromatic carboxylic acids is 1. The van der Waals surface area contributed by atoms with Gasteiger partial charge in [-0.05, 0) is 24.3 Å². The van der Waals surface area contributed by atoms with Crippen LogP contribution in [-0.4, -0.2) is 29.1 Å². The van der Waals surface area contributed by atoms with Crippen LogP contribution in [0.2, 0.25) is 0 Å². The Labute approximate surface area is 119 Å². The van der Waals surface area contributed by atoms with Crippen molar-refractivity contribution >= 4 is 17.6 Å². The highest BCUT2D eigenvalue weighted by molar-refractivity contribution is 6.04. The first-order valence-corrected chi connectivity index (χ1v) is 5.85. The molecule has 108 valence electrons. The van der Waals surface area contributed by atoms with Gasteiger partial charge in [-0.1, -0.05) is 0 Å². The number of anilines is 1. The van der Waals surface area contributed by atoms with Crippen LogP contribution >= 0.6 is 0 Å². The van der Waals surface area contributed by atoms with Crippen LogP contribution in [-0.2, 0) is 0 Å². The van der Waals surface area contributed by atoms with E-state index in [0.29, 0.717) is 5.75 Å². The third-order valence-corrected chi connectivity index (χ3v) is 2.67. The topological polar surface area (TPSA) is 88.5 Å². The maximum absolute atomic E-state index is 13.6. The van der Waals surface area contributed by atoms with Crippen molar-refractivity contribution in [3.63, 3.8) is 0 Å². The Bertz CT molecular complexity index is 686. The fourth-order valence-corrected chi connectivity index (χ4v) is 1.58. The predicted octanol–water partition coefficient (Wildman–Crippen LogP) is 2.18. The van der Waals surface area contributed by atoms with Gasteiger partial charge in [0, 0.05) is 12.3 Å². The Hall–Kier alpha value is -2.96. The Balaban J connectivity index is 2.19. The molecule has 0 unspecified atom stereocenters. The molecule has 0 atom stereocenters. The molecular formula is C14H11FN2O4. The smallest absolute Gasteiger partial charge is 0.354 e. The van der Waals surface area contributed by atoms with Gasteiger partial charge in [0.25, 0.3) is 5.91 Å². The number of ether oxygens (including phenoxy) is 1. The van der Waals surface area contributed by atoms with E-state index in [2.05, 4.69) is 10.3 Å². The van der Waals surface area contributed by atoms with E-state index in [1.54, 1.807) is 0 Å². The minimum atomic E-state index is -1.19. The number of nitrogens with zero attached hydrogens (tertiary/aromatic N) is 1. The molecule has 1 aromatic carbocycles. The van der Waals surface area contributed by atoms with Crippen molar-refractivity contribution in [1.82, 2.24) is 4.98 Å². The van der Waals surface area contributed by atoms with Crippen molar-refractivity contribution in [3.05, 3.63) is 53.6 Å². The summed E-state index contributed by atoms with van der Waals surface area (Å²) >= 11 is 0. The summed E-state index contributed by atoms with van der Waals surface area (Å²) in [7, 11) is 1.42. The maximum Gasteiger partial charge on any atom is 0.354 e. The predicted molar refractivity (Wildman–Crippen MR) is 72.1 cm³/mol. The number of rotatable bonds is 4. The maximum atomic E-state index is 13.6. The fraction of sp³-hybridized carbons (Fsp3) is 0.0714. The lowest BCUT2D eigenvalue weighted by Gasteiger charge is -2.08. The van der Waals surface area contributed by atoms with E-state index >= 15 is 0 Å². The lowest BCUT2D eigenvalue weighted by atomic mass is 10.2. The van der Waals surface area contributed by atoms with Crippen molar-refractivity contribution in [2.75, 3.05) is 12.4 Å². The second-order valence-corrected chi connectivity index (χ2v) is 4.04. The Morgan fingerprint density at radius 3 is 2.62 bits per heavy atom. The van der Waals surface area contributed by atoms with Crippen molar-refractivity contribution in [2.45, 2.75) is 0 Å². The van der Waals surface area contributed by atoms with Crippen molar-refractivity contribution < 1.29 is 23.8 Å². The lowest BCUT2D eigenvalue weighted by molar-refractivity contribution is 0.0690. The van der Waals surface area contributed by atoms with Crippen LogP contribution in [0.1, 0.15) is 20.8 Å². The molecule has 0 radical (unpaired) electrons. The number of benzene rings is 1. The third kappa shape index (κ3) is 3.33. The van der Waals surface area contributed by atoms with Gasteiger partial charge in [0.2, 0.25) is 0 Å². The monoisotopic (exact) mass is 290 g/mol. The molecule has 0 saturated heterocycles.